The number of hydrogen-bond acceptors (Lipinski definition) is 4. The lowest BCUT2D eigenvalue weighted by Gasteiger charge is -2.16. The second kappa shape index (κ2) is 6.33. The highest BCUT2D eigenvalue weighted by atomic mass is 16.5. The van der Waals surface area contributed by atoms with Gasteiger partial charge in [-0.25, -0.2) is 0 Å². The third kappa shape index (κ3) is 2.97. The van der Waals surface area contributed by atoms with Crippen molar-refractivity contribution in [2.75, 3.05) is 20.3 Å². The molecule has 0 radical (unpaired) electrons. The van der Waals surface area contributed by atoms with E-state index in [1.165, 1.54) is 0 Å². The molecule has 1 aromatic heterocycles. The van der Waals surface area contributed by atoms with Crippen LogP contribution in [0.4, 0.5) is 0 Å². The Morgan fingerprint density at radius 2 is 2.22 bits per heavy atom. The molecule has 2 aromatic rings. The fourth-order valence-electron chi connectivity index (χ4n) is 1.86. The van der Waals surface area contributed by atoms with Crippen LogP contribution in [0.15, 0.2) is 36.5 Å². The average molecular weight is 246 g/mol. The van der Waals surface area contributed by atoms with Gasteiger partial charge in [0, 0.05) is 24.2 Å². The molecule has 18 heavy (non-hydrogen) atoms. The number of fused-ring (bicyclic) bond motifs is 1. The summed E-state index contributed by atoms with van der Waals surface area (Å²) in [6.45, 7) is 0.691. The molecular formula is C14H18N2O2. The standard InChI is InChI=1S/C14H18N2O2/c1-15-11(7-9-17)10-18-14-6-2-5-13-12(14)4-3-8-16-13/h2-6,8,11,15,17H,7,9-10H2,1H3. The molecule has 0 saturated carbocycles. The molecule has 1 atom stereocenters. The number of benzene rings is 1. The molecular weight excluding hydrogens is 228 g/mol. The van der Waals surface area contributed by atoms with Gasteiger partial charge in [0.05, 0.1) is 5.52 Å². The van der Waals surface area contributed by atoms with Crippen LogP contribution in [0.25, 0.3) is 10.9 Å². The Bertz CT molecular complexity index is 497. The van der Waals surface area contributed by atoms with Crippen molar-refractivity contribution < 1.29 is 9.84 Å². The Balaban J connectivity index is 2.11. The normalized spacial score (nSPS) is 12.6. The highest BCUT2D eigenvalue weighted by Crippen LogP contribution is 2.23. The Labute approximate surface area is 107 Å². The number of hydrogen-bond donors (Lipinski definition) is 2. The second-order valence-electron chi connectivity index (χ2n) is 4.14. The summed E-state index contributed by atoms with van der Waals surface area (Å²) in [5.74, 6) is 0.832. The Morgan fingerprint density at radius 3 is 3.00 bits per heavy atom. The highest BCUT2D eigenvalue weighted by Gasteiger charge is 2.08. The Kier molecular flexibility index (Phi) is 4.50. The van der Waals surface area contributed by atoms with E-state index in [9.17, 15) is 0 Å². The number of aromatic nitrogens is 1. The van der Waals surface area contributed by atoms with Crippen molar-refractivity contribution in [3.05, 3.63) is 36.5 Å². The first-order valence-corrected chi connectivity index (χ1v) is 6.10. The Morgan fingerprint density at radius 1 is 1.33 bits per heavy atom. The van der Waals surface area contributed by atoms with Crippen molar-refractivity contribution >= 4 is 10.9 Å². The minimum absolute atomic E-state index is 0.155. The van der Waals surface area contributed by atoms with Crippen LogP contribution in [0.1, 0.15) is 6.42 Å². The molecule has 0 spiro atoms. The molecule has 0 fully saturated rings. The van der Waals surface area contributed by atoms with Crippen LogP contribution in [0.3, 0.4) is 0 Å². The van der Waals surface area contributed by atoms with Crippen molar-refractivity contribution in [3.8, 4) is 5.75 Å². The van der Waals surface area contributed by atoms with Gasteiger partial charge in [0.2, 0.25) is 0 Å². The maximum Gasteiger partial charge on any atom is 0.128 e. The molecule has 4 nitrogen and oxygen atoms in total. The van der Waals surface area contributed by atoms with Gasteiger partial charge in [0.15, 0.2) is 0 Å². The van der Waals surface area contributed by atoms with Gasteiger partial charge in [0.25, 0.3) is 0 Å². The van der Waals surface area contributed by atoms with E-state index >= 15 is 0 Å². The van der Waals surface area contributed by atoms with Crippen molar-refractivity contribution in [3.63, 3.8) is 0 Å². The zero-order valence-corrected chi connectivity index (χ0v) is 10.5. The van der Waals surface area contributed by atoms with Crippen LogP contribution in [-0.2, 0) is 0 Å². The van der Waals surface area contributed by atoms with E-state index in [1.807, 2.05) is 37.4 Å². The van der Waals surface area contributed by atoms with Gasteiger partial charge in [-0.15, -0.1) is 0 Å². The number of aliphatic hydroxyl groups is 1. The SMILES string of the molecule is CNC(CCO)COc1cccc2ncccc12. The maximum atomic E-state index is 8.93. The highest BCUT2D eigenvalue weighted by molar-refractivity contribution is 5.84. The molecule has 96 valence electrons. The monoisotopic (exact) mass is 246 g/mol. The van der Waals surface area contributed by atoms with E-state index in [4.69, 9.17) is 9.84 Å². The van der Waals surface area contributed by atoms with E-state index in [1.54, 1.807) is 6.20 Å². The lowest BCUT2D eigenvalue weighted by molar-refractivity contribution is 0.220. The smallest absolute Gasteiger partial charge is 0.128 e. The lowest BCUT2D eigenvalue weighted by Crippen LogP contribution is -2.32. The predicted molar refractivity (Wildman–Crippen MR) is 71.8 cm³/mol. The largest absolute Gasteiger partial charge is 0.491 e. The van der Waals surface area contributed by atoms with E-state index in [-0.39, 0.29) is 12.6 Å². The quantitative estimate of drug-likeness (QED) is 0.812. The van der Waals surface area contributed by atoms with Crippen LogP contribution in [-0.4, -0.2) is 36.4 Å². The summed E-state index contributed by atoms with van der Waals surface area (Å²) >= 11 is 0. The molecule has 0 aliphatic heterocycles. The topological polar surface area (TPSA) is 54.4 Å². The van der Waals surface area contributed by atoms with E-state index in [0.29, 0.717) is 13.0 Å². The number of nitrogens with zero attached hydrogens (tertiary/aromatic N) is 1. The number of nitrogens with one attached hydrogen (secondary N) is 1. The Hall–Kier alpha value is -1.65. The number of rotatable bonds is 6. The number of ether oxygens (including phenoxy) is 1. The molecule has 1 unspecified atom stereocenters. The summed E-state index contributed by atoms with van der Waals surface area (Å²) in [6.07, 6.45) is 2.45. The van der Waals surface area contributed by atoms with Crippen molar-refractivity contribution in [2.24, 2.45) is 0 Å². The molecule has 0 bridgehead atoms. The molecule has 4 heteroatoms. The zero-order valence-electron chi connectivity index (χ0n) is 10.5. The van der Waals surface area contributed by atoms with E-state index in [2.05, 4.69) is 10.3 Å². The third-order valence-electron chi connectivity index (χ3n) is 2.93. The molecule has 2 rings (SSSR count). The minimum Gasteiger partial charge on any atom is -0.491 e. The van der Waals surface area contributed by atoms with Gasteiger partial charge in [0.1, 0.15) is 12.4 Å². The second-order valence-corrected chi connectivity index (χ2v) is 4.14. The predicted octanol–water partition coefficient (Wildman–Crippen LogP) is 1.58. The van der Waals surface area contributed by atoms with Crippen LogP contribution >= 0.6 is 0 Å². The van der Waals surface area contributed by atoms with E-state index in [0.717, 1.165) is 16.7 Å². The van der Waals surface area contributed by atoms with Crippen LogP contribution in [0.2, 0.25) is 0 Å². The van der Waals surface area contributed by atoms with Gasteiger partial charge in [-0.05, 0) is 37.7 Å². The molecule has 0 aliphatic carbocycles. The van der Waals surface area contributed by atoms with Crippen LogP contribution in [0, 0.1) is 0 Å². The van der Waals surface area contributed by atoms with Crippen LogP contribution < -0.4 is 10.1 Å². The molecule has 0 saturated heterocycles. The number of pyridine rings is 1. The van der Waals surface area contributed by atoms with Gasteiger partial charge in [-0.2, -0.15) is 0 Å². The first kappa shape index (κ1) is 12.8. The molecule has 2 N–H and O–H groups in total. The average Bonchev–Trinajstić information content (AvgIpc) is 2.43. The summed E-state index contributed by atoms with van der Waals surface area (Å²) in [5, 5.41) is 13.1. The van der Waals surface area contributed by atoms with E-state index < -0.39 is 0 Å². The fourth-order valence-corrected chi connectivity index (χ4v) is 1.86. The summed E-state index contributed by atoms with van der Waals surface area (Å²) in [6, 6.07) is 9.89. The van der Waals surface area contributed by atoms with Crippen LogP contribution in [0.5, 0.6) is 5.75 Å². The first-order chi connectivity index (χ1) is 8.85. The van der Waals surface area contributed by atoms with Gasteiger partial charge < -0.3 is 15.2 Å². The summed E-state index contributed by atoms with van der Waals surface area (Å²) in [5.41, 5.74) is 0.929. The fraction of sp³-hybridized carbons (Fsp3) is 0.357. The van der Waals surface area contributed by atoms with Gasteiger partial charge in [-0.3, -0.25) is 4.98 Å². The number of aliphatic hydroxyl groups excluding tert-OH is 1. The molecule has 0 amide bonds. The lowest BCUT2D eigenvalue weighted by atomic mass is 10.2. The van der Waals surface area contributed by atoms with Gasteiger partial charge in [-0.1, -0.05) is 6.07 Å². The molecule has 1 aromatic carbocycles. The summed E-state index contributed by atoms with van der Waals surface area (Å²) in [4.78, 5) is 4.29. The molecule has 1 heterocycles. The van der Waals surface area contributed by atoms with Crippen molar-refractivity contribution in [2.45, 2.75) is 12.5 Å². The molecule has 0 aliphatic rings. The summed E-state index contributed by atoms with van der Waals surface area (Å²) < 4.78 is 5.81. The number of likely N-dealkylation sites (N-methyl/N-ethyl adjacent to an activating group) is 1. The maximum absolute atomic E-state index is 8.93. The van der Waals surface area contributed by atoms with Crippen molar-refractivity contribution in [1.82, 2.24) is 10.3 Å². The van der Waals surface area contributed by atoms with Crippen molar-refractivity contribution in [1.29, 1.82) is 0 Å². The third-order valence-corrected chi connectivity index (χ3v) is 2.93. The first-order valence-electron chi connectivity index (χ1n) is 6.10. The summed E-state index contributed by atoms with van der Waals surface area (Å²) in [7, 11) is 1.87. The van der Waals surface area contributed by atoms with Gasteiger partial charge >= 0.3 is 0 Å². The minimum atomic E-state index is 0.155. The zero-order chi connectivity index (χ0) is 12.8.